The molecule has 0 fully saturated rings. The van der Waals surface area contributed by atoms with Crippen molar-refractivity contribution in [1.29, 1.82) is 0 Å². The molecular weight excluding hydrogens is 256 g/mol. The Balaban J connectivity index is 2.29. The van der Waals surface area contributed by atoms with Gasteiger partial charge in [-0.2, -0.15) is 0 Å². The normalized spacial score (nSPS) is 11.1. The molecule has 0 aliphatic heterocycles. The van der Waals surface area contributed by atoms with Gasteiger partial charge in [-0.05, 0) is 38.0 Å². The molecule has 2 heterocycles. The van der Waals surface area contributed by atoms with E-state index in [1.807, 2.05) is 22.8 Å². The van der Waals surface area contributed by atoms with Crippen LogP contribution in [0.1, 0.15) is 27.3 Å². The summed E-state index contributed by atoms with van der Waals surface area (Å²) in [4.78, 5) is 16.9. The lowest BCUT2D eigenvalue weighted by atomic mass is 10.0. The molecule has 0 unspecified atom stereocenters. The number of benzene rings is 1. The second-order valence-corrected chi connectivity index (χ2v) is 5.59. The molecule has 0 N–H and O–H groups in total. The second kappa shape index (κ2) is 4.31. The lowest BCUT2D eigenvalue weighted by molar-refractivity contribution is 0.111. The maximum absolute atomic E-state index is 11.4. The van der Waals surface area contributed by atoms with Gasteiger partial charge >= 0.3 is 0 Å². The molecule has 0 amide bonds. The van der Waals surface area contributed by atoms with Crippen LogP contribution in [0.5, 0.6) is 0 Å². The maximum Gasteiger partial charge on any atom is 0.195 e. The van der Waals surface area contributed by atoms with E-state index in [1.54, 1.807) is 11.3 Å². The minimum atomic E-state index is 0.636. The predicted octanol–water partition coefficient (Wildman–Crippen LogP) is 3.80. The summed E-state index contributed by atoms with van der Waals surface area (Å²) in [6.07, 6.45) is 0.893. The van der Waals surface area contributed by atoms with Gasteiger partial charge in [0.25, 0.3) is 0 Å². The summed E-state index contributed by atoms with van der Waals surface area (Å²) in [5.41, 5.74) is 5.91. The van der Waals surface area contributed by atoms with Crippen molar-refractivity contribution in [3.63, 3.8) is 0 Å². The Labute approximate surface area is 115 Å². The summed E-state index contributed by atoms with van der Waals surface area (Å²) in [5.74, 6) is 0. The Morgan fingerprint density at radius 2 is 2.00 bits per heavy atom. The molecule has 4 heteroatoms. The number of carbonyl (C=O) groups excluding carboxylic acids is 1. The van der Waals surface area contributed by atoms with E-state index in [1.165, 1.54) is 11.1 Å². The maximum atomic E-state index is 11.4. The van der Waals surface area contributed by atoms with Crippen LogP contribution in [0.3, 0.4) is 0 Å². The Kier molecular flexibility index (Phi) is 2.75. The molecule has 3 nitrogen and oxygen atoms in total. The SMILES string of the molecule is Cc1ccc(-c2nc3scc(C)n3c2C=O)cc1C. The first-order chi connectivity index (χ1) is 9.11. The summed E-state index contributed by atoms with van der Waals surface area (Å²) in [5, 5.41) is 2.01. The average molecular weight is 270 g/mol. The van der Waals surface area contributed by atoms with Crippen LogP contribution in [0.25, 0.3) is 16.2 Å². The number of imidazole rings is 1. The number of nitrogens with zero attached hydrogens (tertiary/aromatic N) is 2. The van der Waals surface area contributed by atoms with Gasteiger partial charge in [0.05, 0.1) is 0 Å². The third kappa shape index (κ3) is 1.79. The largest absolute Gasteiger partial charge is 0.296 e. The Hall–Kier alpha value is -1.94. The smallest absolute Gasteiger partial charge is 0.195 e. The first-order valence-electron chi connectivity index (χ1n) is 6.11. The monoisotopic (exact) mass is 270 g/mol. The van der Waals surface area contributed by atoms with Crippen molar-refractivity contribution in [3.8, 4) is 11.3 Å². The summed E-state index contributed by atoms with van der Waals surface area (Å²) in [6.45, 7) is 6.14. The first-order valence-corrected chi connectivity index (χ1v) is 6.99. The number of aryl methyl sites for hydroxylation is 3. The van der Waals surface area contributed by atoms with Gasteiger partial charge in [-0.15, -0.1) is 11.3 Å². The fraction of sp³-hybridized carbons (Fsp3) is 0.200. The molecule has 96 valence electrons. The van der Waals surface area contributed by atoms with Crippen LogP contribution in [-0.2, 0) is 0 Å². The molecular formula is C15H14N2OS. The minimum Gasteiger partial charge on any atom is -0.296 e. The number of aldehydes is 1. The number of rotatable bonds is 2. The van der Waals surface area contributed by atoms with E-state index in [9.17, 15) is 4.79 Å². The van der Waals surface area contributed by atoms with Crippen LogP contribution in [0, 0.1) is 20.8 Å². The van der Waals surface area contributed by atoms with Gasteiger partial charge in [0.2, 0.25) is 0 Å². The van der Waals surface area contributed by atoms with Crippen molar-refractivity contribution in [2.75, 3.05) is 0 Å². The predicted molar refractivity (Wildman–Crippen MR) is 78.1 cm³/mol. The first kappa shape index (κ1) is 12.1. The van der Waals surface area contributed by atoms with Crippen LogP contribution in [0.15, 0.2) is 23.6 Å². The molecule has 0 saturated carbocycles. The zero-order valence-corrected chi connectivity index (χ0v) is 11.9. The Morgan fingerprint density at radius 3 is 2.68 bits per heavy atom. The van der Waals surface area contributed by atoms with Crippen molar-refractivity contribution in [3.05, 3.63) is 46.1 Å². The van der Waals surface area contributed by atoms with Crippen molar-refractivity contribution in [2.24, 2.45) is 0 Å². The highest BCUT2D eigenvalue weighted by atomic mass is 32.1. The van der Waals surface area contributed by atoms with Gasteiger partial charge in [-0.1, -0.05) is 12.1 Å². The van der Waals surface area contributed by atoms with Gasteiger partial charge in [-0.3, -0.25) is 9.20 Å². The summed E-state index contributed by atoms with van der Waals surface area (Å²) >= 11 is 1.56. The number of hydrogen-bond acceptors (Lipinski definition) is 3. The van der Waals surface area contributed by atoms with Crippen LogP contribution in [-0.4, -0.2) is 15.7 Å². The van der Waals surface area contributed by atoms with Gasteiger partial charge < -0.3 is 0 Å². The van der Waals surface area contributed by atoms with Crippen molar-refractivity contribution >= 4 is 22.6 Å². The van der Waals surface area contributed by atoms with E-state index in [2.05, 4.69) is 31.0 Å². The molecule has 0 atom stereocenters. The third-order valence-electron chi connectivity index (χ3n) is 3.46. The second-order valence-electron chi connectivity index (χ2n) is 4.76. The number of carbonyl (C=O) groups is 1. The lowest BCUT2D eigenvalue weighted by Gasteiger charge is -2.03. The quantitative estimate of drug-likeness (QED) is 0.664. The standard InChI is InChI=1S/C15H14N2OS/c1-9-4-5-12(6-10(9)2)14-13(7-18)17-11(3)8-19-15(17)16-14/h4-8H,1-3H3. The molecule has 2 aromatic heterocycles. The van der Waals surface area contributed by atoms with Crippen molar-refractivity contribution in [1.82, 2.24) is 9.38 Å². The number of hydrogen-bond donors (Lipinski definition) is 0. The van der Waals surface area contributed by atoms with Crippen LogP contribution < -0.4 is 0 Å². The Bertz CT molecular complexity index is 783. The number of fused-ring (bicyclic) bond motifs is 1. The van der Waals surface area contributed by atoms with E-state index >= 15 is 0 Å². The highest BCUT2D eigenvalue weighted by Crippen LogP contribution is 2.28. The molecule has 0 aliphatic rings. The molecule has 19 heavy (non-hydrogen) atoms. The highest BCUT2D eigenvalue weighted by Gasteiger charge is 2.16. The zero-order chi connectivity index (χ0) is 13.6. The summed E-state index contributed by atoms with van der Waals surface area (Å²) in [7, 11) is 0. The van der Waals surface area contributed by atoms with Gasteiger partial charge in [0, 0.05) is 16.6 Å². The molecule has 0 spiro atoms. The van der Waals surface area contributed by atoms with Gasteiger partial charge in [0.15, 0.2) is 11.2 Å². The lowest BCUT2D eigenvalue weighted by Crippen LogP contribution is -1.93. The number of aromatic nitrogens is 2. The fourth-order valence-electron chi connectivity index (χ4n) is 2.23. The minimum absolute atomic E-state index is 0.636. The highest BCUT2D eigenvalue weighted by molar-refractivity contribution is 7.15. The van der Waals surface area contributed by atoms with Crippen molar-refractivity contribution < 1.29 is 4.79 Å². The molecule has 1 aromatic carbocycles. The van der Waals surface area contributed by atoms with Crippen LogP contribution in [0.4, 0.5) is 0 Å². The molecule has 0 bridgehead atoms. The molecule has 3 rings (SSSR count). The van der Waals surface area contributed by atoms with E-state index in [0.717, 1.165) is 28.2 Å². The van der Waals surface area contributed by atoms with E-state index < -0.39 is 0 Å². The average Bonchev–Trinajstić information content (AvgIpc) is 2.93. The van der Waals surface area contributed by atoms with Crippen LogP contribution >= 0.6 is 11.3 Å². The van der Waals surface area contributed by atoms with Crippen molar-refractivity contribution in [2.45, 2.75) is 20.8 Å². The van der Waals surface area contributed by atoms with Crippen LogP contribution in [0.2, 0.25) is 0 Å². The zero-order valence-electron chi connectivity index (χ0n) is 11.1. The molecule has 0 saturated heterocycles. The fourth-order valence-corrected chi connectivity index (χ4v) is 3.11. The van der Waals surface area contributed by atoms with E-state index in [4.69, 9.17) is 0 Å². The van der Waals surface area contributed by atoms with Gasteiger partial charge in [-0.25, -0.2) is 4.98 Å². The summed E-state index contributed by atoms with van der Waals surface area (Å²) < 4.78 is 1.92. The molecule has 0 aliphatic carbocycles. The number of thiazole rings is 1. The van der Waals surface area contributed by atoms with E-state index in [0.29, 0.717) is 5.69 Å². The third-order valence-corrected chi connectivity index (χ3v) is 4.41. The van der Waals surface area contributed by atoms with Gasteiger partial charge in [0.1, 0.15) is 11.4 Å². The Morgan fingerprint density at radius 1 is 1.21 bits per heavy atom. The van der Waals surface area contributed by atoms with E-state index in [-0.39, 0.29) is 0 Å². The summed E-state index contributed by atoms with van der Waals surface area (Å²) in [6, 6.07) is 6.18. The molecule has 3 aromatic rings. The molecule has 0 radical (unpaired) electrons. The topological polar surface area (TPSA) is 34.4 Å².